The van der Waals surface area contributed by atoms with Crippen molar-refractivity contribution in [1.29, 1.82) is 0 Å². The number of nitrogens with zero attached hydrogens (tertiary/aromatic N) is 1. The average Bonchev–Trinajstić information content (AvgIpc) is 3.08. The third-order valence-electron chi connectivity index (χ3n) is 6.19. The summed E-state index contributed by atoms with van der Waals surface area (Å²) in [6, 6.07) is 14.8. The van der Waals surface area contributed by atoms with Crippen LogP contribution in [0.4, 0.5) is 5.69 Å². The van der Waals surface area contributed by atoms with Crippen molar-refractivity contribution in [2.24, 2.45) is 5.41 Å². The highest BCUT2D eigenvalue weighted by Crippen LogP contribution is 2.53. The summed E-state index contributed by atoms with van der Waals surface area (Å²) in [6.45, 7) is 6.07. The summed E-state index contributed by atoms with van der Waals surface area (Å²) < 4.78 is 0. The first-order valence-corrected chi connectivity index (χ1v) is 9.85. The van der Waals surface area contributed by atoms with Gasteiger partial charge in [-0.15, -0.1) is 0 Å². The molecule has 5 heteroatoms. The van der Waals surface area contributed by atoms with Crippen molar-refractivity contribution in [3.8, 4) is 0 Å². The number of benzene rings is 2. The van der Waals surface area contributed by atoms with Crippen molar-refractivity contribution >= 4 is 23.3 Å². The third-order valence-corrected chi connectivity index (χ3v) is 6.19. The van der Waals surface area contributed by atoms with E-state index in [9.17, 15) is 14.4 Å². The first kappa shape index (κ1) is 17.9. The molecule has 1 unspecified atom stereocenters. The van der Waals surface area contributed by atoms with E-state index >= 15 is 0 Å². The number of Topliss-reactive ketones (excluding diaryl/α,β-unsaturated/α-hetero) is 1. The molecule has 2 amide bonds. The summed E-state index contributed by atoms with van der Waals surface area (Å²) in [5.74, 6) is -0.670. The molecule has 2 aliphatic heterocycles. The first-order chi connectivity index (χ1) is 13.7. The molecule has 0 radical (unpaired) electrons. The van der Waals surface area contributed by atoms with Crippen LogP contribution in [0.2, 0.25) is 0 Å². The minimum atomic E-state index is -1.43. The second kappa shape index (κ2) is 5.66. The second-order valence-electron chi connectivity index (χ2n) is 8.99. The number of carbonyl (C=O) groups is 3. The fourth-order valence-electron chi connectivity index (χ4n) is 4.95. The molecule has 0 fully saturated rings. The van der Waals surface area contributed by atoms with Gasteiger partial charge in [-0.1, -0.05) is 49.7 Å². The van der Waals surface area contributed by atoms with Gasteiger partial charge in [-0.3, -0.25) is 19.3 Å². The number of fused-ring (bicyclic) bond motifs is 3. The van der Waals surface area contributed by atoms with E-state index in [0.29, 0.717) is 40.9 Å². The number of amides is 2. The van der Waals surface area contributed by atoms with E-state index in [2.05, 4.69) is 5.32 Å². The van der Waals surface area contributed by atoms with Crippen LogP contribution in [-0.4, -0.2) is 17.6 Å². The zero-order valence-corrected chi connectivity index (χ0v) is 16.7. The van der Waals surface area contributed by atoms with Crippen molar-refractivity contribution in [1.82, 2.24) is 5.32 Å². The maximum Gasteiger partial charge on any atom is 0.266 e. The van der Waals surface area contributed by atoms with E-state index in [1.165, 1.54) is 0 Å². The van der Waals surface area contributed by atoms with E-state index in [1.807, 2.05) is 45.0 Å². The van der Waals surface area contributed by atoms with Gasteiger partial charge in [0, 0.05) is 28.9 Å². The van der Waals surface area contributed by atoms with Gasteiger partial charge in [-0.25, -0.2) is 0 Å². The van der Waals surface area contributed by atoms with Crippen molar-refractivity contribution < 1.29 is 14.4 Å². The Hall–Kier alpha value is -3.21. The summed E-state index contributed by atoms with van der Waals surface area (Å²) in [5.41, 5.74) is 2.28. The van der Waals surface area contributed by atoms with Crippen LogP contribution < -0.4 is 10.2 Å². The van der Waals surface area contributed by atoms with Gasteiger partial charge in [0.25, 0.3) is 11.8 Å². The van der Waals surface area contributed by atoms with E-state index in [1.54, 1.807) is 29.2 Å². The largest absolute Gasteiger partial charge is 0.330 e. The summed E-state index contributed by atoms with van der Waals surface area (Å²) in [6.07, 6.45) is 0.939. The van der Waals surface area contributed by atoms with Crippen LogP contribution in [0.3, 0.4) is 0 Å². The summed E-state index contributed by atoms with van der Waals surface area (Å²) >= 11 is 0. The van der Waals surface area contributed by atoms with Crippen LogP contribution in [0, 0.1) is 12.3 Å². The zero-order chi connectivity index (χ0) is 20.6. The number of ketones is 1. The van der Waals surface area contributed by atoms with Crippen LogP contribution in [-0.2, 0) is 15.1 Å². The van der Waals surface area contributed by atoms with Gasteiger partial charge in [-0.05, 0) is 37.0 Å². The average molecular weight is 386 g/mol. The summed E-state index contributed by atoms with van der Waals surface area (Å²) in [7, 11) is 0. The molecule has 146 valence electrons. The SMILES string of the molecule is Cc1ccc(N2C(=O)C3(NC(=O)c4ccccc43)C3=C2CC(C)(C)CC3=O)cc1. The number of aryl methyl sites for hydroxylation is 1. The number of allylic oxidation sites excluding steroid dienone is 1. The molecule has 1 N–H and O–H groups in total. The molecule has 3 aliphatic rings. The van der Waals surface area contributed by atoms with Gasteiger partial charge in [0.2, 0.25) is 0 Å². The van der Waals surface area contributed by atoms with E-state index in [0.717, 1.165) is 5.56 Å². The number of anilines is 1. The Morgan fingerprint density at radius 2 is 1.62 bits per heavy atom. The molecule has 1 atom stereocenters. The van der Waals surface area contributed by atoms with Crippen LogP contribution in [0.25, 0.3) is 0 Å². The molecule has 2 heterocycles. The predicted octanol–water partition coefficient (Wildman–Crippen LogP) is 3.62. The van der Waals surface area contributed by atoms with Crippen molar-refractivity contribution in [2.75, 3.05) is 4.90 Å². The molecular weight excluding hydrogens is 364 g/mol. The Balaban J connectivity index is 1.80. The molecule has 2 aromatic carbocycles. The lowest BCUT2D eigenvalue weighted by Crippen LogP contribution is -2.50. The van der Waals surface area contributed by atoms with Gasteiger partial charge in [0.1, 0.15) is 0 Å². The lowest BCUT2D eigenvalue weighted by molar-refractivity contribution is -0.124. The number of carbonyl (C=O) groups excluding carboxylic acids is 3. The normalized spacial score (nSPS) is 24.8. The Morgan fingerprint density at radius 1 is 0.931 bits per heavy atom. The molecule has 1 spiro atoms. The zero-order valence-electron chi connectivity index (χ0n) is 16.7. The highest BCUT2D eigenvalue weighted by molar-refractivity contribution is 6.23. The van der Waals surface area contributed by atoms with Crippen molar-refractivity contribution in [3.05, 3.63) is 76.5 Å². The Bertz CT molecular complexity index is 1130. The van der Waals surface area contributed by atoms with Gasteiger partial charge in [0.05, 0.1) is 5.57 Å². The minimum Gasteiger partial charge on any atom is -0.330 e. The van der Waals surface area contributed by atoms with E-state index in [-0.39, 0.29) is 23.0 Å². The lowest BCUT2D eigenvalue weighted by atomic mass is 9.71. The summed E-state index contributed by atoms with van der Waals surface area (Å²) in [4.78, 5) is 41.7. The number of hydrogen-bond acceptors (Lipinski definition) is 3. The smallest absolute Gasteiger partial charge is 0.266 e. The first-order valence-electron chi connectivity index (χ1n) is 9.85. The minimum absolute atomic E-state index is 0.0729. The number of rotatable bonds is 1. The molecule has 0 aromatic heterocycles. The van der Waals surface area contributed by atoms with Gasteiger partial charge in [0.15, 0.2) is 11.3 Å². The molecule has 1 aliphatic carbocycles. The standard InChI is InChI=1S/C24H22N2O3/c1-14-8-10-15(11-9-14)26-18-12-23(2,3)13-19(27)20(18)24(22(26)29)17-7-5-4-6-16(17)21(28)25-24/h4-11H,12-13H2,1-3H3,(H,25,28). The molecule has 2 aromatic rings. The fourth-order valence-corrected chi connectivity index (χ4v) is 4.95. The summed E-state index contributed by atoms with van der Waals surface area (Å²) in [5, 5.41) is 2.90. The molecule has 0 saturated carbocycles. The van der Waals surface area contributed by atoms with Crippen LogP contribution in [0.15, 0.2) is 59.8 Å². The van der Waals surface area contributed by atoms with Crippen molar-refractivity contribution in [3.63, 3.8) is 0 Å². The van der Waals surface area contributed by atoms with Crippen molar-refractivity contribution in [2.45, 2.75) is 39.2 Å². The second-order valence-corrected chi connectivity index (χ2v) is 8.99. The Labute approximate surface area is 169 Å². The lowest BCUT2D eigenvalue weighted by Gasteiger charge is -2.33. The topological polar surface area (TPSA) is 66.5 Å². The third kappa shape index (κ3) is 2.30. The van der Waals surface area contributed by atoms with E-state index < -0.39 is 5.54 Å². The molecule has 0 bridgehead atoms. The van der Waals surface area contributed by atoms with Gasteiger partial charge >= 0.3 is 0 Å². The van der Waals surface area contributed by atoms with Crippen LogP contribution in [0.5, 0.6) is 0 Å². The van der Waals surface area contributed by atoms with Crippen LogP contribution in [0.1, 0.15) is 48.2 Å². The van der Waals surface area contributed by atoms with Gasteiger partial charge in [-0.2, -0.15) is 0 Å². The fraction of sp³-hybridized carbons (Fsp3) is 0.292. The highest BCUT2D eigenvalue weighted by atomic mass is 16.2. The molecule has 5 rings (SSSR count). The molecular formula is C24H22N2O3. The van der Waals surface area contributed by atoms with E-state index in [4.69, 9.17) is 0 Å². The number of nitrogens with one attached hydrogen (secondary N) is 1. The Morgan fingerprint density at radius 3 is 2.34 bits per heavy atom. The molecule has 29 heavy (non-hydrogen) atoms. The maximum atomic E-state index is 14.0. The highest BCUT2D eigenvalue weighted by Gasteiger charge is 2.62. The quantitative estimate of drug-likeness (QED) is 0.814. The van der Waals surface area contributed by atoms with Gasteiger partial charge < -0.3 is 5.32 Å². The molecule has 0 saturated heterocycles. The monoisotopic (exact) mass is 386 g/mol. The maximum absolute atomic E-state index is 14.0. The van der Waals surface area contributed by atoms with Crippen LogP contribution >= 0.6 is 0 Å². The predicted molar refractivity (Wildman–Crippen MR) is 109 cm³/mol. The Kier molecular flexibility index (Phi) is 3.49. The number of hydrogen-bond donors (Lipinski definition) is 1. The molecule has 5 nitrogen and oxygen atoms in total.